The van der Waals surface area contributed by atoms with Crippen LogP contribution in [0.5, 0.6) is 0 Å². The molecule has 0 radical (unpaired) electrons. The SMILES string of the molecule is CN1CCC(I)(I)CC1. The smallest absolute Gasteiger partial charge is 0.0759 e. The molecule has 0 bridgehead atoms. The van der Waals surface area contributed by atoms with Crippen molar-refractivity contribution >= 4 is 45.2 Å². The van der Waals surface area contributed by atoms with Crippen molar-refractivity contribution in [2.75, 3.05) is 20.1 Å². The third-order valence-corrected chi connectivity index (χ3v) is 3.88. The summed E-state index contributed by atoms with van der Waals surface area (Å²) in [5, 5.41) is 0. The lowest BCUT2D eigenvalue weighted by molar-refractivity contribution is 0.282. The lowest BCUT2D eigenvalue weighted by Crippen LogP contribution is -2.34. The van der Waals surface area contributed by atoms with Gasteiger partial charge in [-0.05, 0) is 33.0 Å². The molecule has 1 nitrogen and oxygen atoms in total. The van der Waals surface area contributed by atoms with Crippen LogP contribution >= 0.6 is 45.2 Å². The molecule has 1 heterocycles. The van der Waals surface area contributed by atoms with Crippen molar-refractivity contribution < 1.29 is 0 Å². The van der Waals surface area contributed by atoms with Gasteiger partial charge in [0.2, 0.25) is 0 Å². The van der Waals surface area contributed by atoms with Crippen molar-refractivity contribution in [3.8, 4) is 0 Å². The second-order valence-electron chi connectivity index (χ2n) is 2.66. The Hall–Kier alpha value is 1.42. The lowest BCUT2D eigenvalue weighted by atomic mass is 10.1. The van der Waals surface area contributed by atoms with E-state index < -0.39 is 0 Å². The van der Waals surface area contributed by atoms with Crippen molar-refractivity contribution in [1.82, 2.24) is 4.90 Å². The van der Waals surface area contributed by atoms with Crippen molar-refractivity contribution in [1.29, 1.82) is 0 Å². The third kappa shape index (κ3) is 2.88. The molecule has 1 fully saturated rings. The molecule has 54 valence electrons. The molecule has 1 saturated heterocycles. The Balaban J connectivity index is 2.35. The second-order valence-corrected chi connectivity index (χ2v) is 8.85. The van der Waals surface area contributed by atoms with Gasteiger partial charge in [0, 0.05) is 0 Å². The van der Waals surface area contributed by atoms with Crippen molar-refractivity contribution in [2.45, 2.75) is 14.3 Å². The van der Waals surface area contributed by atoms with Crippen molar-refractivity contribution in [3.63, 3.8) is 0 Å². The monoisotopic (exact) mass is 351 g/mol. The number of nitrogens with zero attached hydrogens (tertiary/aromatic N) is 1. The van der Waals surface area contributed by atoms with E-state index in [2.05, 4.69) is 57.1 Å². The molecule has 9 heavy (non-hydrogen) atoms. The van der Waals surface area contributed by atoms with Crippen LogP contribution in [-0.4, -0.2) is 26.5 Å². The Labute approximate surface area is 83.8 Å². The van der Waals surface area contributed by atoms with Gasteiger partial charge in [0.05, 0.1) is 1.43 Å². The number of halogens is 2. The Morgan fingerprint density at radius 1 is 1.22 bits per heavy atom. The molecule has 1 aliphatic rings. The number of piperidine rings is 1. The van der Waals surface area contributed by atoms with E-state index in [-0.39, 0.29) is 0 Å². The zero-order valence-corrected chi connectivity index (χ0v) is 9.85. The summed E-state index contributed by atoms with van der Waals surface area (Å²) in [7, 11) is 2.20. The van der Waals surface area contributed by atoms with Crippen molar-refractivity contribution in [2.24, 2.45) is 0 Å². The Morgan fingerprint density at radius 3 is 2.00 bits per heavy atom. The molecule has 0 N–H and O–H groups in total. The van der Waals surface area contributed by atoms with Crippen LogP contribution in [0.3, 0.4) is 0 Å². The molecule has 1 rings (SSSR count). The fraction of sp³-hybridized carbons (Fsp3) is 1.00. The molecule has 0 amide bonds. The Kier molecular flexibility index (Phi) is 3.04. The van der Waals surface area contributed by atoms with Gasteiger partial charge in [-0.3, -0.25) is 0 Å². The van der Waals surface area contributed by atoms with E-state index in [4.69, 9.17) is 0 Å². The first-order chi connectivity index (χ1) is 4.10. The summed E-state index contributed by atoms with van der Waals surface area (Å²) in [5.41, 5.74) is 0. The summed E-state index contributed by atoms with van der Waals surface area (Å²) >= 11 is 5.12. The highest BCUT2D eigenvalue weighted by molar-refractivity contribution is 14.2. The first kappa shape index (κ1) is 8.52. The zero-order valence-electron chi connectivity index (χ0n) is 5.53. The number of rotatable bonds is 0. The van der Waals surface area contributed by atoms with Gasteiger partial charge in [-0.2, -0.15) is 0 Å². The normalized spacial score (nSPS) is 28.3. The maximum atomic E-state index is 2.56. The second kappa shape index (κ2) is 3.21. The average molecular weight is 351 g/mol. The molecule has 0 saturated carbocycles. The minimum absolute atomic E-state index is 0.558. The predicted molar refractivity (Wildman–Crippen MR) is 57.5 cm³/mol. The quantitative estimate of drug-likeness (QED) is 0.478. The van der Waals surface area contributed by atoms with E-state index in [1.165, 1.54) is 25.9 Å². The number of alkyl halides is 2. The lowest BCUT2D eigenvalue weighted by Gasteiger charge is -2.31. The van der Waals surface area contributed by atoms with Gasteiger partial charge < -0.3 is 4.90 Å². The van der Waals surface area contributed by atoms with Crippen molar-refractivity contribution in [3.05, 3.63) is 0 Å². The van der Waals surface area contributed by atoms with Crippen LogP contribution in [-0.2, 0) is 0 Å². The van der Waals surface area contributed by atoms with Gasteiger partial charge in [-0.1, -0.05) is 45.2 Å². The van der Waals surface area contributed by atoms with Crippen LogP contribution in [0.15, 0.2) is 0 Å². The molecule has 0 spiro atoms. The van der Waals surface area contributed by atoms with Crippen LogP contribution in [0.1, 0.15) is 12.8 Å². The molecule has 3 heteroatoms. The molecule has 0 aromatic rings. The minimum Gasteiger partial charge on any atom is -0.306 e. The van der Waals surface area contributed by atoms with Crippen LogP contribution in [0.25, 0.3) is 0 Å². The van der Waals surface area contributed by atoms with E-state index in [1.807, 2.05) is 0 Å². The van der Waals surface area contributed by atoms with Gasteiger partial charge in [0.1, 0.15) is 0 Å². The highest BCUT2D eigenvalue weighted by atomic mass is 127. The third-order valence-electron chi connectivity index (χ3n) is 1.72. The molecule has 0 aliphatic carbocycles. The van der Waals surface area contributed by atoms with E-state index >= 15 is 0 Å². The molecule has 1 aliphatic heterocycles. The van der Waals surface area contributed by atoms with Crippen LogP contribution in [0.4, 0.5) is 0 Å². The fourth-order valence-electron chi connectivity index (χ4n) is 0.946. The molecule has 0 unspecified atom stereocenters. The van der Waals surface area contributed by atoms with Gasteiger partial charge in [-0.15, -0.1) is 0 Å². The molecule has 0 aromatic carbocycles. The Bertz CT molecular complexity index is 93.2. The van der Waals surface area contributed by atoms with Gasteiger partial charge in [0.15, 0.2) is 0 Å². The topological polar surface area (TPSA) is 3.24 Å². The molecule has 0 aromatic heterocycles. The average Bonchev–Trinajstić information content (AvgIpc) is 1.78. The Morgan fingerprint density at radius 2 is 1.67 bits per heavy atom. The van der Waals surface area contributed by atoms with E-state index in [0.717, 1.165) is 0 Å². The van der Waals surface area contributed by atoms with Gasteiger partial charge >= 0.3 is 0 Å². The summed E-state index contributed by atoms with van der Waals surface area (Å²) in [6, 6.07) is 0. The maximum Gasteiger partial charge on any atom is 0.0759 e. The summed E-state index contributed by atoms with van der Waals surface area (Å²) in [5.74, 6) is 0. The molecular weight excluding hydrogens is 340 g/mol. The first-order valence-electron chi connectivity index (χ1n) is 3.16. The largest absolute Gasteiger partial charge is 0.306 e. The maximum absolute atomic E-state index is 2.56. The van der Waals surface area contributed by atoms with E-state index in [1.54, 1.807) is 0 Å². The van der Waals surface area contributed by atoms with E-state index in [0.29, 0.717) is 1.43 Å². The number of likely N-dealkylation sites (tertiary alicyclic amines) is 1. The highest BCUT2D eigenvalue weighted by Gasteiger charge is 2.26. The molecular formula is C6H11I2N. The van der Waals surface area contributed by atoms with Crippen LogP contribution < -0.4 is 0 Å². The zero-order chi connectivity index (χ0) is 6.91. The summed E-state index contributed by atoms with van der Waals surface area (Å²) in [6.07, 6.45) is 2.68. The fourth-order valence-corrected chi connectivity index (χ4v) is 1.91. The summed E-state index contributed by atoms with van der Waals surface area (Å²) < 4.78 is 0.558. The summed E-state index contributed by atoms with van der Waals surface area (Å²) in [6.45, 7) is 2.54. The minimum atomic E-state index is 0.558. The van der Waals surface area contributed by atoms with Crippen LogP contribution in [0, 0.1) is 0 Å². The van der Waals surface area contributed by atoms with Gasteiger partial charge in [-0.25, -0.2) is 0 Å². The molecule has 0 atom stereocenters. The number of hydrogen-bond donors (Lipinski definition) is 0. The first-order valence-corrected chi connectivity index (χ1v) is 5.32. The summed E-state index contributed by atoms with van der Waals surface area (Å²) in [4.78, 5) is 2.40. The predicted octanol–water partition coefficient (Wildman–Crippen LogP) is 2.28. The van der Waals surface area contributed by atoms with E-state index in [9.17, 15) is 0 Å². The highest BCUT2D eigenvalue weighted by Crippen LogP contribution is 2.37. The standard InChI is InChI=1S/C6H11I2N/c1-9-4-2-6(7,8)3-5-9/h2-5H2,1H3. The van der Waals surface area contributed by atoms with Crippen LogP contribution in [0.2, 0.25) is 0 Å². The number of hydrogen-bond acceptors (Lipinski definition) is 1. The van der Waals surface area contributed by atoms with Gasteiger partial charge in [0.25, 0.3) is 0 Å².